The van der Waals surface area contributed by atoms with Gasteiger partial charge < -0.3 is 10.6 Å². The monoisotopic (exact) mass is 477 g/mol. The molecule has 0 aromatic heterocycles. The van der Waals surface area contributed by atoms with Gasteiger partial charge in [-0.15, -0.1) is 0 Å². The van der Waals surface area contributed by atoms with Crippen molar-refractivity contribution in [3.63, 3.8) is 0 Å². The lowest BCUT2D eigenvalue weighted by atomic mass is 10.1. The van der Waals surface area contributed by atoms with E-state index in [1.807, 2.05) is 0 Å². The van der Waals surface area contributed by atoms with E-state index in [1.165, 1.54) is 18.2 Å². The molecular formula is C22H18Cl3N3O3. The van der Waals surface area contributed by atoms with Crippen molar-refractivity contribution in [2.24, 2.45) is 0 Å². The van der Waals surface area contributed by atoms with Crippen molar-refractivity contribution < 1.29 is 14.4 Å². The summed E-state index contributed by atoms with van der Waals surface area (Å²) in [4.78, 5) is 38.7. The first kappa shape index (κ1) is 21.7. The van der Waals surface area contributed by atoms with E-state index in [0.717, 1.165) is 30.6 Å². The Balaban J connectivity index is 1.49. The molecule has 1 saturated carbocycles. The first-order valence-electron chi connectivity index (χ1n) is 9.76. The molecule has 0 unspecified atom stereocenters. The number of carbonyl (C=O) groups excluding carboxylic acids is 3. The van der Waals surface area contributed by atoms with E-state index < -0.39 is 11.8 Å². The summed E-state index contributed by atoms with van der Waals surface area (Å²) in [5.74, 6) is -1.44. The van der Waals surface area contributed by atoms with E-state index in [1.54, 1.807) is 24.3 Å². The van der Waals surface area contributed by atoms with E-state index in [9.17, 15) is 14.4 Å². The van der Waals surface area contributed by atoms with Crippen LogP contribution in [-0.4, -0.2) is 23.8 Å². The van der Waals surface area contributed by atoms with Gasteiger partial charge in [0.05, 0.1) is 5.69 Å². The van der Waals surface area contributed by atoms with Crippen molar-refractivity contribution in [3.05, 3.63) is 68.8 Å². The Bertz CT molecular complexity index is 1070. The van der Waals surface area contributed by atoms with Crippen LogP contribution in [0.1, 0.15) is 36.0 Å². The number of hydrogen-bond acceptors (Lipinski definition) is 4. The lowest BCUT2D eigenvalue weighted by Gasteiger charge is -2.16. The van der Waals surface area contributed by atoms with Gasteiger partial charge in [-0.05, 0) is 55.3 Å². The average molecular weight is 479 g/mol. The molecule has 3 amide bonds. The van der Waals surface area contributed by atoms with Gasteiger partial charge in [0, 0.05) is 27.3 Å². The molecule has 1 aliphatic carbocycles. The molecule has 6 nitrogen and oxygen atoms in total. The molecular weight excluding hydrogens is 461 g/mol. The van der Waals surface area contributed by atoms with Gasteiger partial charge in [-0.3, -0.25) is 14.4 Å². The predicted molar refractivity (Wildman–Crippen MR) is 122 cm³/mol. The third kappa shape index (κ3) is 4.56. The fourth-order valence-corrected chi connectivity index (χ4v) is 4.43. The maximum absolute atomic E-state index is 12.9. The minimum Gasteiger partial charge on any atom is -0.350 e. The van der Waals surface area contributed by atoms with Crippen molar-refractivity contribution >= 4 is 63.9 Å². The summed E-state index contributed by atoms with van der Waals surface area (Å²) in [6, 6.07) is 11.2. The molecule has 1 aliphatic heterocycles. The summed E-state index contributed by atoms with van der Waals surface area (Å²) in [6.45, 7) is 0. The second-order valence-electron chi connectivity index (χ2n) is 7.42. The Kier molecular flexibility index (Phi) is 6.23. The fourth-order valence-electron chi connectivity index (χ4n) is 3.70. The number of benzene rings is 2. The fraction of sp³-hybridized carbons (Fsp3) is 0.227. The van der Waals surface area contributed by atoms with E-state index in [0.29, 0.717) is 11.3 Å². The quantitative estimate of drug-likeness (QED) is 0.586. The average Bonchev–Trinajstić information content (AvgIpc) is 3.30. The molecule has 0 radical (unpaired) electrons. The Hall–Kier alpha value is -2.54. The van der Waals surface area contributed by atoms with Gasteiger partial charge >= 0.3 is 0 Å². The van der Waals surface area contributed by atoms with Gasteiger partial charge in [-0.1, -0.05) is 47.6 Å². The first-order chi connectivity index (χ1) is 14.8. The van der Waals surface area contributed by atoms with Crippen LogP contribution in [0.25, 0.3) is 0 Å². The SMILES string of the molecule is O=C(NC1CCCC1)c1ccc(NC2=C(Cl)C(=O)N(c3cc(Cl)cc(Cl)c3)C2=O)cc1. The topological polar surface area (TPSA) is 78.5 Å². The van der Waals surface area contributed by atoms with E-state index >= 15 is 0 Å². The van der Waals surface area contributed by atoms with Crippen LogP contribution < -0.4 is 15.5 Å². The number of amides is 3. The molecule has 2 aliphatic rings. The highest BCUT2D eigenvalue weighted by atomic mass is 35.5. The minimum atomic E-state index is -0.680. The Morgan fingerprint density at radius 1 is 0.903 bits per heavy atom. The summed E-state index contributed by atoms with van der Waals surface area (Å²) in [7, 11) is 0. The van der Waals surface area contributed by atoms with Gasteiger partial charge in [0.15, 0.2) is 0 Å². The molecule has 2 N–H and O–H groups in total. The number of halogens is 3. The number of imide groups is 1. The van der Waals surface area contributed by atoms with Crippen molar-refractivity contribution in [1.29, 1.82) is 0 Å². The molecule has 1 fully saturated rings. The van der Waals surface area contributed by atoms with Crippen LogP contribution >= 0.6 is 34.8 Å². The maximum Gasteiger partial charge on any atom is 0.283 e. The second kappa shape index (κ2) is 8.91. The zero-order chi connectivity index (χ0) is 22.1. The molecule has 9 heteroatoms. The van der Waals surface area contributed by atoms with Crippen LogP contribution in [0.15, 0.2) is 53.2 Å². The Morgan fingerprint density at radius 2 is 1.52 bits per heavy atom. The van der Waals surface area contributed by atoms with Crippen molar-refractivity contribution in [2.75, 3.05) is 10.2 Å². The molecule has 0 spiro atoms. The Labute approximate surface area is 194 Å². The molecule has 0 saturated heterocycles. The maximum atomic E-state index is 12.9. The summed E-state index contributed by atoms with van der Waals surface area (Å²) in [6.07, 6.45) is 4.27. The second-order valence-corrected chi connectivity index (χ2v) is 8.67. The molecule has 31 heavy (non-hydrogen) atoms. The van der Waals surface area contributed by atoms with Gasteiger partial charge in [0.25, 0.3) is 17.7 Å². The molecule has 160 valence electrons. The van der Waals surface area contributed by atoms with Gasteiger partial charge in [-0.2, -0.15) is 0 Å². The molecule has 0 atom stereocenters. The predicted octanol–water partition coefficient (Wildman–Crippen LogP) is 5.10. The number of hydrogen-bond donors (Lipinski definition) is 2. The number of nitrogens with one attached hydrogen (secondary N) is 2. The smallest absolute Gasteiger partial charge is 0.283 e. The highest BCUT2D eigenvalue weighted by Crippen LogP contribution is 2.33. The number of nitrogens with zero attached hydrogens (tertiary/aromatic N) is 1. The van der Waals surface area contributed by atoms with Crippen LogP contribution in [0, 0.1) is 0 Å². The molecule has 1 heterocycles. The molecule has 2 aromatic rings. The number of carbonyl (C=O) groups is 3. The van der Waals surface area contributed by atoms with Crippen molar-refractivity contribution in [3.8, 4) is 0 Å². The molecule has 4 rings (SSSR count). The highest BCUT2D eigenvalue weighted by molar-refractivity contribution is 6.53. The standard InChI is InChI=1S/C22H18Cl3N3O3/c23-13-9-14(24)11-17(10-13)28-21(30)18(25)19(22(28)31)26-16-7-5-12(6-8-16)20(29)27-15-3-1-2-4-15/h5-11,15,26H,1-4H2,(H,27,29). The number of rotatable bonds is 5. The summed E-state index contributed by atoms with van der Waals surface area (Å²) in [5.41, 5.74) is 1.19. The minimum absolute atomic E-state index is 0.0640. The zero-order valence-electron chi connectivity index (χ0n) is 16.3. The normalized spacial score (nSPS) is 16.9. The van der Waals surface area contributed by atoms with Crippen molar-refractivity contribution in [1.82, 2.24) is 5.32 Å². The van der Waals surface area contributed by atoms with Crippen LogP contribution in [0.4, 0.5) is 11.4 Å². The van der Waals surface area contributed by atoms with Gasteiger partial charge in [-0.25, -0.2) is 4.90 Å². The van der Waals surface area contributed by atoms with Crippen LogP contribution in [0.3, 0.4) is 0 Å². The van der Waals surface area contributed by atoms with E-state index in [2.05, 4.69) is 10.6 Å². The van der Waals surface area contributed by atoms with Gasteiger partial charge in [0.1, 0.15) is 10.7 Å². The summed E-state index contributed by atoms with van der Waals surface area (Å²) >= 11 is 18.1. The zero-order valence-corrected chi connectivity index (χ0v) is 18.5. The number of anilines is 2. The van der Waals surface area contributed by atoms with Crippen LogP contribution in [0.5, 0.6) is 0 Å². The van der Waals surface area contributed by atoms with Crippen LogP contribution in [-0.2, 0) is 9.59 Å². The summed E-state index contributed by atoms with van der Waals surface area (Å²) in [5, 5.41) is 6.22. The summed E-state index contributed by atoms with van der Waals surface area (Å²) < 4.78 is 0. The largest absolute Gasteiger partial charge is 0.350 e. The van der Waals surface area contributed by atoms with E-state index in [-0.39, 0.29) is 38.4 Å². The molecule has 0 bridgehead atoms. The van der Waals surface area contributed by atoms with E-state index in [4.69, 9.17) is 34.8 Å². The first-order valence-corrected chi connectivity index (χ1v) is 10.9. The van der Waals surface area contributed by atoms with Crippen molar-refractivity contribution in [2.45, 2.75) is 31.7 Å². The van der Waals surface area contributed by atoms with Gasteiger partial charge in [0.2, 0.25) is 0 Å². The third-order valence-electron chi connectivity index (χ3n) is 5.24. The lowest BCUT2D eigenvalue weighted by molar-refractivity contribution is -0.120. The lowest BCUT2D eigenvalue weighted by Crippen LogP contribution is -2.32. The molecule has 2 aromatic carbocycles. The highest BCUT2D eigenvalue weighted by Gasteiger charge is 2.39. The third-order valence-corrected chi connectivity index (χ3v) is 6.03. The Morgan fingerprint density at radius 3 is 2.13 bits per heavy atom. The van der Waals surface area contributed by atoms with Crippen LogP contribution in [0.2, 0.25) is 10.0 Å².